The maximum absolute atomic E-state index is 5.97. The maximum Gasteiger partial charge on any atom is 0.133 e. The van der Waals surface area contributed by atoms with Crippen molar-refractivity contribution >= 4 is 0 Å². The Morgan fingerprint density at radius 1 is 0.808 bits per heavy atom. The molecule has 1 aliphatic rings. The fraction of sp³-hybridized carbons (Fsp3) is 0.250. The molecule has 0 aromatic heterocycles. The molecule has 3 aromatic carbocycles. The van der Waals surface area contributed by atoms with Crippen molar-refractivity contribution in [3.8, 4) is 33.8 Å². The third kappa shape index (κ3) is 2.48. The highest BCUT2D eigenvalue weighted by molar-refractivity contribution is 5.93. The molecule has 0 atom stereocenters. The van der Waals surface area contributed by atoms with Gasteiger partial charge in [-0.05, 0) is 35.1 Å². The van der Waals surface area contributed by atoms with Gasteiger partial charge in [-0.3, -0.25) is 0 Å². The second-order valence-corrected chi connectivity index (χ2v) is 6.72. The lowest BCUT2D eigenvalue weighted by atomic mass is 9.89. The number of ether oxygens (including phenoxy) is 2. The van der Waals surface area contributed by atoms with Gasteiger partial charge < -0.3 is 9.47 Å². The number of methoxy groups -OCH3 is 2. The molecule has 0 spiro atoms. The summed E-state index contributed by atoms with van der Waals surface area (Å²) >= 11 is 0. The van der Waals surface area contributed by atoms with E-state index in [1.54, 1.807) is 14.2 Å². The highest BCUT2D eigenvalue weighted by atomic mass is 16.5. The SMILES string of the molecule is CCCc1c(OC)c(-c2ccccc2)c2c(c1OC)-c1ccccc1C2. The van der Waals surface area contributed by atoms with Crippen LogP contribution in [0.25, 0.3) is 22.3 Å². The van der Waals surface area contributed by atoms with Gasteiger partial charge >= 0.3 is 0 Å². The lowest BCUT2D eigenvalue weighted by Gasteiger charge is -2.22. The molecule has 0 unspecified atom stereocenters. The number of hydrogen-bond donors (Lipinski definition) is 0. The van der Waals surface area contributed by atoms with E-state index in [9.17, 15) is 0 Å². The summed E-state index contributed by atoms with van der Waals surface area (Å²) in [7, 11) is 3.55. The number of hydrogen-bond acceptors (Lipinski definition) is 2. The van der Waals surface area contributed by atoms with Gasteiger partial charge in [-0.15, -0.1) is 0 Å². The van der Waals surface area contributed by atoms with Crippen molar-refractivity contribution in [2.24, 2.45) is 0 Å². The second-order valence-electron chi connectivity index (χ2n) is 6.72. The highest BCUT2D eigenvalue weighted by Crippen LogP contribution is 2.53. The fourth-order valence-corrected chi connectivity index (χ4v) is 4.21. The summed E-state index contributed by atoms with van der Waals surface area (Å²) in [5, 5.41) is 0. The Labute approximate surface area is 155 Å². The first-order chi connectivity index (χ1) is 12.8. The summed E-state index contributed by atoms with van der Waals surface area (Å²) in [5.74, 6) is 1.93. The molecule has 0 heterocycles. The number of fused-ring (bicyclic) bond motifs is 3. The Morgan fingerprint density at radius 3 is 2.15 bits per heavy atom. The van der Waals surface area contributed by atoms with Gasteiger partial charge in [-0.2, -0.15) is 0 Å². The van der Waals surface area contributed by atoms with Crippen LogP contribution in [0.3, 0.4) is 0 Å². The van der Waals surface area contributed by atoms with Gasteiger partial charge in [0.05, 0.1) is 14.2 Å². The van der Waals surface area contributed by atoms with Crippen LogP contribution >= 0.6 is 0 Å². The lowest BCUT2D eigenvalue weighted by molar-refractivity contribution is 0.386. The van der Waals surface area contributed by atoms with Gasteiger partial charge in [0.15, 0.2) is 0 Å². The fourth-order valence-electron chi connectivity index (χ4n) is 4.21. The average molecular weight is 344 g/mol. The molecule has 132 valence electrons. The Morgan fingerprint density at radius 2 is 1.46 bits per heavy atom. The molecule has 0 amide bonds. The van der Waals surface area contributed by atoms with Crippen molar-refractivity contribution < 1.29 is 9.47 Å². The van der Waals surface area contributed by atoms with Crippen LogP contribution in [0.1, 0.15) is 30.0 Å². The zero-order valence-electron chi connectivity index (χ0n) is 15.6. The first-order valence-corrected chi connectivity index (χ1v) is 9.23. The van der Waals surface area contributed by atoms with Crippen LogP contribution in [0.15, 0.2) is 54.6 Å². The molecule has 2 heteroatoms. The van der Waals surface area contributed by atoms with Gasteiger partial charge in [0.1, 0.15) is 11.5 Å². The molecule has 2 nitrogen and oxygen atoms in total. The lowest BCUT2D eigenvalue weighted by Crippen LogP contribution is -2.03. The molecule has 4 rings (SSSR count). The minimum Gasteiger partial charge on any atom is -0.496 e. The van der Waals surface area contributed by atoms with Crippen molar-refractivity contribution in [3.05, 3.63) is 71.3 Å². The van der Waals surface area contributed by atoms with E-state index < -0.39 is 0 Å². The van der Waals surface area contributed by atoms with E-state index in [0.717, 1.165) is 30.8 Å². The van der Waals surface area contributed by atoms with E-state index >= 15 is 0 Å². The summed E-state index contributed by atoms with van der Waals surface area (Å²) < 4.78 is 11.9. The van der Waals surface area contributed by atoms with Gasteiger partial charge in [0.25, 0.3) is 0 Å². The van der Waals surface area contributed by atoms with Gasteiger partial charge in [0.2, 0.25) is 0 Å². The zero-order valence-corrected chi connectivity index (χ0v) is 15.6. The molecule has 0 saturated carbocycles. The monoisotopic (exact) mass is 344 g/mol. The van der Waals surface area contributed by atoms with Crippen LogP contribution in [-0.4, -0.2) is 14.2 Å². The van der Waals surface area contributed by atoms with Crippen LogP contribution < -0.4 is 9.47 Å². The Balaban J connectivity index is 2.12. The van der Waals surface area contributed by atoms with Gasteiger partial charge in [-0.25, -0.2) is 0 Å². The maximum atomic E-state index is 5.97. The van der Waals surface area contributed by atoms with E-state index in [4.69, 9.17) is 9.47 Å². The molecule has 3 aromatic rings. The van der Waals surface area contributed by atoms with Gasteiger partial charge in [-0.1, -0.05) is 67.9 Å². The van der Waals surface area contributed by atoms with Crippen LogP contribution in [0.5, 0.6) is 11.5 Å². The molecule has 0 radical (unpaired) electrons. The number of benzene rings is 3. The second kappa shape index (κ2) is 6.87. The third-order valence-corrected chi connectivity index (χ3v) is 5.23. The van der Waals surface area contributed by atoms with Crippen molar-refractivity contribution in [3.63, 3.8) is 0 Å². The van der Waals surface area contributed by atoms with Crippen molar-refractivity contribution in [1.82, 2.24) is 0 Å². The van der Waals surface area contributed by atoms with Gasteiger partial charge in [0, 0.05) is 16.7 Å². The summed E-state index contributed by atoms with van der Waals surface area (Å²) in [6.07, 6.45) is 2.89. The summed E-state index contributed by atoms with van der Waals surface area (Å²) in [4.78, 5) is 0. The zero-order chi connectivity index (χ0) is 18.1. The Kier molecular flexibility index (Phi) is 4.42. The molecule has 0 fully saturated rings. The molecule has 1 aliphatic carbocycles. The van der Waals surface area contributed by atoms with E-state index in [1.807, 2.05) is 0 Å². The third-order valence-electron chi connectivity index (χ3n) is 5.23. The largest absolute Gasteiger partial charge is 0.496 e. The van der Waals surface area contributed by atoms with Crippen molar-refractivity contribution in [2.45, 2.75) is 26.2 Å². The Bertz CT molecular complexity index is 942. The van der Waals surface area contributed by atoms with Crippen LogP contribution in [0.4, 0.5) is 0 Å². The minimum atomic E-state index is 0.912. The minimum absolute atomic E-state index is 0.912. The molecule has 0 aliphatic heterocycles. The predicted octanol–water partition coefficient (Wildman–Crippen LogP) is 5.89. The van der Waals surface area contributed by atoms with E-state index in [1.165, 1.54) is 38.9 Å². The first-order valence-electron chi connectivity index (χ1n) is 9.23. The molecule has 0 bridgehead atoms. The van der Waals surface area contributed by atoms with E-state index in [2.05, 4.69) is 61.5 Å². The molecule has 26 heavy (non-hydrogen) atoms. The van der Waals surface area contributed by atoms with Crippen LogP contribution in [0, 0.1) is 0 Å². The quantitative estimate of drug-likeness (QED) is 0.449. The van der Waals surface area contributed by atoms with E-state index in [0.29, 0.717) is 0 Å². The van der Waals surface area contributed by atoms with Crippen molar-refractivity contribution in [2.75, 3.05) is 14.2 Å². The predicted molar refractivity (Wildman–Crippen MR) is 107 cm³/mol. The Hall–Kier alpha value is -2.74. The summed E-state index contributed by atoms with van der Waals surface area (Å²) in [6, 6.07) is 19.2. The van der Waals surface area contributed by atoms with Crippen LogP contribution in [-0.2, 0) is 12.8 Å². The van der Waals surface area contributed by atoms with Crippen molar-refractivity contribution in [1.29, 1.82) is 0 Å². The smallest absolute Gasteiger partial charge is 0.133 e. The summed E-state index contributed by atoms with van der Waals surface area (Å²) in [6.45, 7) is 2.20. The first kappa shape index (κ1) is 16.7. The summed E-state index contributed by atoms with van der Waals surface area (Å²) in [5.41, 5.74) is 8.78. The molecular formula is C24H24O2. The molecule has 0 saturated heterocycles. The van der Waals surface area contributed by atoms with E-state index in [-0.39, 0.29) is 0 Å². The topological polar surface area (TPSA) is 18.5 Å². The molecule has 0 N–H and O–H groups in total. The molecular weight excluding hydrogens is 320 g/mol. The average Bonchev–Trinajstić information content (AvgIpc) is 3.07. The number of rotatable bonds is 5. The normalized spacial score (nSPS) is 11.8. The standard InChI is InChI=1S/C24H24O2/c1-4-10-19-23(25-2)21(16-11-6-5-7-12-16)20-15-17-13-8-9-14-18(17)22(20)24(19)26-3/h5-9,11-14H,4,10,15H2,1-3H3. The van der Waals surface area contributed by atoms with Crippen LogP contribution in [0.2, 0.25) is 0 Å². The highest BCUT2D eigenvalue weighted by Gasteiger charge is 2.31.